The quantitative estimate of drug-likeness (QED) is 0.285. The first-order valence-corrected chi connectivity index (χ1v) is 10.4. The van der Waals surface area contributed by atoms with Crippen LogP contribution in [-0.2, 0) is 6.18 Å². The highest BCUT2D eigenvalue weighted by molar-refractivity contribution is 7.10. The summed E-state index contributed by atoms with van der Waals surface area (Å²) in [6.45, 7) is 1.43. The SMILES string of the molecule is CC(CO)N=C(N)c1c(Nc2ccc(Oc3ccc(C(F)(F)F)cc3)c(Cl)c2)s[nH]c1=O. The highest BCUT2D eigenvalue weighted by Gasteiger charge is 2.30. The summed E-state index contributed by atoms with van der Waals surface area (Å²) in [5, 5.41) is 12.7. The number of aliphatic hydroxyl groups is 1. The lowest BCUT2D eigenvalue weighted by molar-refractivity contribution is -0.137. The molecule has 3 rings (SSSR count). The Morgan fingerprint density at radius 2 is 2.00 bits per heavy atom. The second-order valence-electron chi connectivity index (χ2n) is 6.68. The molecule has 0 amide bonds. The summed E-state index contributed by atoms with van der Waals surface area (Å²) in [4.78, 5) is 16.2. The zero-order chi connectivity index (χ0) is 23.5. The number of hydrogen-bond donors (Lipinski definition) is 4. The van der Waals surface area contributed by atoms with Gasteiger partial charge in [0.15, 0.2) is 0 Å². The molecule has 0 saturated heterocycles. The number of aromatic amines is 1. The Labute approximate surface area is 189 Å². The van der Waals surface area contributed by atoms with Gasteiger partial charge in [0.05, 0.1) is 23.2 Å². The van der Waals surface area contributed by atoms with Crippen molar-refractivity contribution in [3.05, 3.63) is 69.0 Å². The fourth-order valence-corrected chi connectivity index (χ4v) is 3.58. The van der Waals surface area contributed by atoms with Crippen molar-refractivity contribution in [2.45, 2.75) is 19.1 Å². The maximum atomic E-state index is 12.7. The third-order valence-corrected chi connectivity index (χ3v) is 5.27. The number of amidine groups is 1. The average molecular weight is 487 g/mol. The number of aliphatic imine (C=N–C) groups is 1. The summed E-state index contributed by atoms with van der Waals surface area (Å²) in [7, 11) is 0. The van der Waals surface area contributed by atoms with Gasteiger partial charge in [0.2, 0.25) is 0 Å². The molecule has 0 bridgehead atoms. The van der Waals surface area contributed by atoms with Crippen LogP contribution in [0.25, 0.3) is 0 Å². The standard InChI is InChI=1S/C20H18ClF3N4O3S/c1-10(9-29)26-17(25)16-18(30)28-32-19(16)27-12-4-7-15(14(21)8-12)31-13-5-2-11(3-6-13)20(22,23)24/h2-8,10,27,29H,9H2,1H3,(H2,25,26)(H,28,30). The van der Waals surface area contributed by atoms with Crippen LogP contribution in [0.2, 0.25) is 5.02 Å². The molecule has 0 fully saturated rings. The molecule has 3 aromatic rings. The van der Waals surface area contributed by atoms with E-state index in [0.717, 1.165) is 23.7 Å². The number of aliphatic hydroxyl groups excluding tert-OH is 1. The summed E-state index contributed by atoms with van der Waals surface area (Å²) in [6, 6.07) is 8.42. The van der Waals surface area contributed by atoms with Crippen molar-refractivity contribution in [2.24, 2.45) is 10.7 Å². The third-order valence-electron chi connectivity index (χ3n) is 4.18. The molecule has 12 heteroatoms. The summed E-state index contributed by atoms with van der Waals surface area (Å²) >= 11 is 7.27. The van der Waals surface area contributed by atoms with Crippen molar-refractivity contribution < 1.29 is 23.0 Å². The number of nitrogens with two attached hydrogens (primary N) is 1. The second-order valence-corrected chi connectivity index (χ2v) is 7.90. The van der Waals surface area contributed by atoms with Crippen LogP contribution in [0.1, 0.15) is 18.1 Å². The predicted octanol–water partition coefficient (Wildman–Crippen LogP) is 4.73. The molecule has 0 aliphatic carbocycles. The van der Waals surface area contributed by atoms with Crippen LogP contribution in [0, 0.1) is 0 Å². The number of halogens is 4. The number of H-pyrrole nitrogens is 1. The Morgan fingerprint density at radius 1 is 1.31 bits per heavy atom. The maximum absolute atomic E-state index is 12.7. The minimum Gasteiger partial charge on any atom is -0.456 e. The molecular formula is C20H18ClF3N4O3S. The molecule has 170 valence electrons. The molecule has 5 N–H and O–H groups in total. The van der Waals surface area contributed by atoms with E-state index in [1.165, 1.54) is 24.3 Å². The summed E-state index contributed by atoms with van der Waals surface area (Å²) in [5.74, 6) is 0.399. The Morgan fingerprint density at radius 3 is 2.59 bits per heavy atom. The number of anilines is 2. The van der Waals surface area contributed by atoms with Crippen LogP contribution in [0.4, 0.5) is 23.9 Å². The topological polar surface area (TPSA) is 113 Å². The first kappa shape index (κ1) is 23.6. The van der Waals surface area contributed by atoms with Crippen LogP contribution >= 0.6 is 23.1 Å². The monoisotopic (exact) mass is 486 g/mol. The van der Waals surface area contributed by atoms with Crippen molar-refractivity contribution >= 4 is 39.7 Å². The number of hydrogen-bond acceptors (Lipinski definition) is 6. The van der Waals surface area contributed by atoms with Crippen LogP contribution in [0.3, 0.4) is 0 Å². The number of rotatable bonds is 7. The molecule has 0 aliphatic rings. The van der Waals surface area contributed by atoms with Crippen molar-refractivity contribution in [3.8, 4) is 11.5 Å². The van der Waals surface area contributed by atoms with Crippen LogP contribution in [0.15, 0.2) is 52.3 Å². The van der Waals surface area contributed by atoms with Gasteiger partial charge < -0.3 is 20.9 Å². The zero-order valence-corrected chi connectivity index (χ0v) is 18.1. The van der Waals surface area contributed by atoms with E-state index in [1.807, 2.05) is 0 Å². The zero-order valence-electron chi connectivity index (χ0n) is 16.5. The lowest BCUT2D eigenvalue weighted by Gasteiger charge is -2.12. The van der Waals surface area contributed by atoms with Gasteiger partial charge in [-0.2, -0.15) is 13.2 Å². The van der Waals surface area contributed by atoms with E-state index in [1.54, 1.807) is 13.0 Å². The van der Waals surface area contributed by atoms with Gasteiger partial charge in [0.1, 0.15) is 27.9 Å². The van der Waals surface area contributed by atoms with E-state index in [2.05, 4.69) is 14.7 Å². The lowest BCUT2D eigenvalue weighted by atomic mass is 10.2. The van der Waals surface area contributed by atoms with Crippen molar-refractivity contribution in [2.75, 3.05) is 11.9 Å². The molecule has 1 heterocycles. The second kappa shape index (κ2) is 9.63. The Hall–Kier alpha value is -3.02. The van der Waals surface area contributed by atoms with E-state index < -0.39 is 23.3 Å². The average Bonchev–Trinajstić information content (AvgIpc) is 3.09. The molecule has 0 saturated carbocycles. The van der Waals surface area contributed by atoms with Crippen molar-refractivity contribution in [1.82, 2.24) is 4.37 Å². The first-order chi connectivity index (χ1) is 15.1. The number of nitrogens with one attached hydrogen (secondary N) is 2. The summed E-state index contributed by atoms with van der Waals surface area (Å²) in [5.41, 5.74) is 5.34. The Bertz CT molecular complexity index is 1180. The minimum atomic E-state index is -4.43. The highest BCUT2D eigenvalue weighted by Crippen LogP contribution is 2.35. The lowest BCUT2D eigenvalue weighted by Crippen LogP contribution is -2.24. The van der Waals surface area contributed by atoms with Gasteiger partial charge in [-0.3, -0.25) is 14.2 Å². The number of aromatic nitrogens is 1. The molecule has 7 nitrogen and oxygen atoms in total. The molecule has 32 heavy (non-hydrogen) atoms. The van der Waals surface area contributed by atoms with Gasteiger partial charge in [-0.05, 0) is 60.9 Å². The number of benzene rings is 2. The molecular weight excluding hydrogens is 469 g/mol. The van der Waals surface area contributed by atoms with E-state index in [-0.39, 0.29) is 34.5 Å². The van der Waals surface area contributed by atoms with Crippen LogP contribution in [-0.4, -0.2) is 28.0 Å². The van der Waals surface area contributed by atoms with Crippen LogP contribution in [0.5, 0.6) is 11.5 Å². The number of ether oxygens (including phenoxy) is 1. The minimum absolute atomic E-state index is 0.0232. The Balaban J connectivity index is 1.78. The van der Waals surface area contributed by atoms with Crippen LogP contribution < -0.4 is 21.3 Å². The first-order valence-electron chi connectivity index (χ1n) is 9.16. The number of nitrogens with zero attached hydrogens (tertiary/aromatic N) is 1. The predicted molar refractivity (Wildman–Crippen MR) is 118 cm³/mol. The fourth-order valence-electron chi connectivity index (χ4n) is 2.60. The van der Waals surface area contributed by atoms with E-state index >= 15 is 0 Å². The van der Waals surface area contributed by atoms with E-state index in [0.29, 0.717) is 10.7 Å². The molecule has 2 aromatic carbocycles. The van der Waals surface area contributed by atoms with Gasteiger partial charge in [-0.25, -0.2) is 0 Å². The van der Waals surface area contributed by atoms with E-state index in [9.17, 15) is 18.0 Å². The van der Waals surface area contributed by atoms with Crippen molar-refractivity contribution in [1.29, 1.82) is 0 Å². The molecule has 0 radical (unpaired) electrons. The maximum Gasteiger partial charge on any atom is 0.416 e. The van der Waals surface area contributed by atoms with Gasteiger partial charge in [-0.1, -0.05) is 11.6 Å². The fraction of sp³-hybridized carbons (Fsp3) is 0.200. The summed E-state index contributed by atoms with van der Waals surface area (Å²) < 4.78 is 46.2. The third kappa shape index (κ3) is 5.61. The molecule has 1 unspecified atom stereocenters. The normalized spacial score (nSPS) is 13.1. The largest absolute Gasteiger partial charge is 0.456 e. The Kier molecular flexibility index (Phi) is 7.12. The molecule has 0 spiro atoms. The molecule has 1 aromatic heterocycles. The summed E-state index contributed by atoms with van der Waals surface area (Å²) in [6.07, 6.45) is -4.43. The molecule has 0 aliphatic heterocycles. The van der Waals surface area contributed by atoms with Gasteiger partial charge >= 0.3 is 6.18 Å². The molecule has 1 atom stereocenters. The van der Waals surface area contributed by atoms with E-state index in [4.69, 9.17) is 27.2 Å². The van der Waals surface area contributed by atoms with Gasteiger partial charge in [0, 0.05) is 5.69 Å². The van der Waals surface area contributed by atoms with Crippen molar-refractivity contribution in [3.63, 3.8) is 0 Å². The van der Waals surface area contributed by atoms with Gasteiger partial charge in [-0.15, -0.1) is 0 Å². The van der Waals surface area contributed by atoms with Gasteiger partial charge in [0.25, 0.3) is 5.56 Å². The number of alkyl halides is 3. The smallest absolute Gasteiger partial charge is 0.416 e. The highest BCUT2D eigenvalue weighted by atomic mass is 35.5.